The fourth-order valence-electron chi connectivity index (χ4n) is 3.38. The van der Waals surface area contributed by atoms with Gasteiger partial charge in [-0.05, 0) is 43.9 Å². The molecule has 1 aliphatic heterocycles. The standard InChI is InChI=1S/C19H26N4O2/c1-14-8-15(2)23(21-14)13-16-4-5-18(20-11-16)9-17-10-19(24)22(12-17)6-7-25-3/h4-5,8,11,17H,6-7,9-10,12-13H2,1-3H3/t17-/m0/s1. The van der Waals surface area contributed by atoms with E-state index in [-0.39, 0.29) is 5.91 Å². The number of ether oxygens (including phenoxy) is 1. The first-order valence-electron chi connectivity index (χ1n) is 8.76. The first-order valence-corrected chi connectivity index (χ1v) is 8.76. The first-order chi connectivity index (χ1) is 12.0. The van der Waals surface area contributed by atoms with Gasteiger partial charge in [-0.25, -0.2) is 0 Å². The molecule has 0 spiro atoms. The van der Waals surface area contributed by atoms with E-state index in [1.165, 1.54) is 0 Å². The second-order valence-electron chi connectivity index (χ2n) is 6.85. The van der Waals surface area contributed by atoms with Crippen LogP contribution in [0.25, 0.3) is 0 Å². The average Bonchev–Trinajstić information content (AvgIpc) is 3.08. The van der Waals surface area contributed by atoms with Gasteiger partial charge in [-0.2, -0.15) is 5.10 Å². The van der Waals surface area contributed by atoms with Crippen LogP contribution >= 0.6 is 0 Å². The Bertz CT molecular complexity index is 724. The highest BCUT2D eigenvalue weighted by atomic mass is 16.5. The third-order valence-electron chi connectivity index (χ3n) is 4.68. The summed E-state index contributed by atoms with van der Waals surface area (Å²) in [7, 11) is 1.66. The van der Waals surface area contributed by atoms with E-state index in [2.05, 4.69) is 35.2 Å². The zero-order valence-electron chi connectivity index (χ0n) is 15.2. The number of aromatic nitrogens is 3. The number of hydrogen-bond acceptors (Lipinski definition) is 4. The molecule has 6 nitrogen and oxygen atoms in total. The van der Waals surface area contributed by atoms with Crippen molar-refractivity contribution in [3.05, 3.63) is 47.0 Å². The number of carbonyl (C=O) groups excluding carboxylic acids is 1. The van der Waals surface area contributed by atoms with E-state index in [1.807, 2.05) is 22.7 Å². The smallest absolute Gasteiger partial charge is 0.223 e. The first kappa shape index (κ1) is 17.6. The monoisotopic (exact) mass is 342 g/mol. The van der Waals surface area contributed by atoms with Crippen LogP contribution < -0.4 is 0 Å². The summed E-state index contributed by atoms with van der Waals surface area (Å²) >= 11 is 0. The Balaban J connectivity index is 1.56. The van der Waals surface area contributed by atoms with Gasteiger partial charge < -0.3 is 9.64 Å². The van der Waals surface area contributed by atoms with Crippen LogP contribution in [-0.2, 0) is 22.5 Å². The van der Waals surface area contributed by atoms with Crippen molar-refractivity contribution in [2.45, 2.75) is 33.2 Å². The molecule has 3 heterocycles. The number of likely N-dealkylation sites (tertiary alicyclic amines) is 1. The molecule has 0 aromatic carbocycles. The molecule has 6 heteroatoms. The van der Waals surface area contributed by atoms with Gasteiger partial charge in [0.05, 0.1) is 18.8 Å². The molecular weight excluding hydrogens is 316 g/mol. The van der Waals surface area contributed by atoms with Gasteiger partial charge in [-0.1, -0.05) is 6.07 Å². The van der Waals surface area contributed by atoms with Crippen LogP contribution in [0, 0.1) is 19.8 Å². The number of aryl methyl sites for hydroxylation is 2. The van der Waals surface area contributed by atoms with E-state index in [0.717, 1.165) is 42.2 Å². The predicted octanol–water partition coefficient (Wildman–Crippen LogP) is 1.98. The third-order valence-corrected chi connectivity index (χ3v) is 4.68. The highest BCUT2D eigenvalue weighted by molar-refractivity contribution is 5.78. The van der Waals surface area contributed by atoms with Crippen LogP contribution in [0.5, 0.6) is 0 Å². The van der Waals surface area contributed by atoms with E-state index in [9.17, 15) is 4.79 Å². The second-order valence-corrected chi connectivity index (χ2v) is 6.85. The van der Waals surface area contributed by atoms with Crippen molar-refractivity contribution < 1.29 is 9.53 Å². The van der Waals surface area contributed by atoms with Gasteiger partial charge in [-0.3, -0.25) is 14.5 Å². The SMILES string of the molecule is COCCN1C[C@@H](Cc2ccc(Cn3nc(C)cc3C)cn2)CC1=O. The third kappa shape index (κ3) is 4.45. The summed E-state index contributed by atoms with van der Waals surface area (Å²) in [5.41, 5.74) is 4.37. The molecule has 25 heavy (non-hydrogen) atoms. The van der Waals surface area contributed by atoms with Crippen LogP contribution in [0.15, 0.2) is 24.4 Å². The Morgan fingerprint density at radius 3 is 2.80 bits per heavy atom. The molecule has 1 fully saturated rings. The number of pyridine rings is 1. The number of amides is 1. The molecule has 2 aromatic rings. The topological polar surface area (TPSA) is 60.2 Å². The molecule has 0 bridgehead atoms. The largest absolute Gasteiger partial charge is 0.383 e. The van der Waals surface area contributed by atoms with Crippen LogP contribution in [0.2, 0.25) is 0 Å². The van der Waals surface area contributed by atoms with Crippen molar-refractivity contribution in [2.75, 3.05) is 26.8 Å². The van der Waals surface area contributed by atoms with Gasteiger partial charge in [0, 0.05) is 44.2 Å². The molecule has 1 amide bonds. The minimum absolute atomic E-state index is 0.225. The Kier molecular flexibility index (Phi) is 5.48. The van der Waals surface area contributed by atoms with E-state index in [4.69, 9.17) is 4.74 Å². The molecule has 1 aliphatic rings. The lowest BCUT2D eigenvalue weighted by atomic mass is 10.0. The normalized spacial score (nSPS) is 17.5. The molecule has 0 radical (unpaired) electrons. The van der Waals surface area contributed by atoms with Gasteiger partial charge in [0.1, 0.15) is 0 Å². The van der Waals surface area contributed by atoms with Crippen molar-refractivity contribution >= 4 is 5.91 Å². The van der Waals surface area contributed by atoms with Crippen molar-refractivity contribution in [3.63, 3.8) is 0 Å². The van der Waals surface area contributed by atoms with Crippen LogP contribution in [-0.4, -0.2) is 52.4 Å². The number of rotatable bonds is 7. The highest BCUT2D eigenvalue weighted by Crippen LogP contribution is 2.21. The van der Waals surface area contributed by atoms with E-state index in [0.29, 0.717) is 25.5 Å². The van der Waals surface area contributed by atoms with Gasteiger partial charge >= 0.3 is 0 Å². The van der Waals surface area contributed by atoms with Crippen LogP contribution in [0.4, 0.5) is 0 Å². The van der Waals surface area contributed by atoms with Gasteiger partial charge in [0.25, 0.3) is 0 Å². The van der Waals surface area contributed by atoms with Crippen molar-refractivity contribution in [1.82, 2.24) is 19.7 Å². The minimum Gasteiger partial charge on any atom is -0.383 e. The molecule has 0 N–H and O–H groups in total. The van der Waals surface area contributed by atoms with Gasteiger partial charge in [0.2, 0.25) is 5.91 Å². The lowest BCUT2D eigenvalue weighted by molar-refractivity contribution is -0.128. The summed E-state index contributed by atoms with van der Waals surface area (Å²) in [6, 6.07) is 6.26. The Morgan fingerprint density at radius 2 is 2.16 bits per heavy atom. The fraction of sp³-hybridized carbons (Fsp3) is 0.526. The molecule has 1 saturated heterocycles. The number of hydrogen-bond donors (Lipinski definition) is 0. The van der Waals surface area contributed by atoms with Gasteiger partial charge in [-0.15, -0.1) is 0 Å². The molecule has 0 aliphatic carbocycles. The molecule has 134 valence electrons. The quantitative estimate of drug-likeness (QED) is 0.772. The van der Waals surface area contributed by atoms with Crippen molar-refractivity contribution in [3.8, 4) is 0 Å². The zero-order valence-corrected chi connectivity index (χ0v) is 15.2. The Morgan fingerprint density at radius 1 is 1.32 bits per heavy atom. The van der Waals surface area contributed by atoms with E-state index >= 15 is 0 Å². The zero-order chi connectivity index (χ0) is 17.8. The van der Waals surface area contributed by atoms with Crippen LogP contribution in [0.3, 0.4) is 0 Å². The number of carbonyl (C=O) groups is 1. The maximum Gasteiger partial charge on any atom is 0.223 e. The summed E-state index contributed by atoms with van der Waals surface area (Å²) in [4.78, 5) is 18.5. The summed E-state index contributed by atoms with van der Waals surface area (Å²) in [5.74, 6) is 0.571. The fourth-order valence-corrected chi connectivity index (χ4v) is 3.38. The Labute approximate surface area is 148 Å². The lowest BCUT2D eigenvalue weighted by Crippen LogP contribution is -2.28. The van der Waals surface area contributed by atoms with E-state index in [1.54, 1.807) is 7.11 Å². The highest BCUT2D eigenvalue weighted by Gasteiger charge is 2.29. The molecule has 3 rings (SSSR count). The summed E-state index contributed by atoms with van der Waals surface area (Å²) in [6.07, 6.45) is 3.37. The minimum atomic E-state index is 0.225. The molecular formula is C19H26N4O2. The molecule has 2 aromatic heterocycles. The van der Waals surface area contributed by atoms with Crippen molar-refractivity contribution in [2.24, 2.45) is 5.92 Å². The summed E-state index contributed by atoms with van der Waals surface area (Å²) in [5, 5.41) is 4.49. The van der Waals surface area contributed by atoms with Crippen LogP contribution in [0.1, 0.15) is 29.1 Å². The Hall–Kier alpha value is -2.21. The average molecular weight is 342 g/mol. The summed E-state index contributed by atoms with van der Waals surface area (Å²) < 4.78 is 7.06. The maximum absolute atomic E-state index is 12.0. The maximum atomic E-state index is 12.0. The van der Waals surface area contributed by atoms with E-state index < -0.39 is 0 Å². The molecule has 0 saturated carbocycles. The lowest BCUT2D eigenvalue weighted by Gasteiger charge is -2.15. The molecule has 1 atom stereocenters. The summed E-state index contributed by atoms with van der Waals surface area (Å²) in [6.45, 7) is 6.88. The second kappa shape index (κ2) is 7.78. The predicted molar refractivity (Wildman–Crippen MR) is 95.3 cm³/mol. The number of methoxy groups -OCH3 is 1. The number of nitrogens with zero attached hydrogens (tertiary/aromatic N) is 4. The van der Waals surface area contributed by atoms with Gasteiger partial charge in [0.15, 0.2) is 0 Å². The van der Waals surface area contributed by atoms with Crippen molar-refractivity contribution in [1.29, 1.82) is 0 Å². The molecule has 0 unspecified atom stereocenters.